The molecule has 35 heavy (non-hydrogen) atoms. The van der Waals surface area contributed by atoms with Crippen LogP contribution in [0.2, 0.25) is 0 Å². The molecule has 0 fully saturated rings. The fourth-order valence-corrected chi connectivity index (χ4v) is 5.52. The number of rotatable bonds is 7. The first kappa shape index (κ1) is 25.1. The van der Waals surface area contributed by atoms with Crippen LogP contribution in [-0.2, 0) is 4.79 Å². The number of amides is 1. The van der Waals surface area contributed by atoms with Gasteiger partial charge in [-0.15, -0.1) is 13.2 Å². The highest BCUT2D eigenvalue weighted by molar-refractivity contribution is 5.84. The van der Waals surface area contributed by atoms with Gasteiger partial charge in [0.2, 0.25) is 5.91 Å². The third-order valence-corrected chi connectivity index (χ3v) is 6.88. The zero-order chi connectivity index (χ0) is 25.5. The van der Waals surface area contributed by atoms with Crippen LogP contribution in [0.15, 0.2) is 47.5 Å². The van der Waals surface area contributed by atoms with Gasteiger partial charge in [0.05, 0.1) is 12.5 Å². The number of aliphatic hydroxyl groups excluding tert-OH is 1. The predicted octanol–water partition coefficient (Wildman–Crippen LogP) is 3.57. The van der Waals surface area contributed by atoms with Gasteiger partial charge in [0, 0.05) is 37.9 Å². The van der Waals surface area contributed by atoms with Crippen LogP contribution in [0.25, 0.3) is 0 Å². The first-order valence-electron chi connectivity index (χ1n) is 11.5. The van der Waals surface area contributed by atoms with Crippen molar-refractivity contribution >= 4 is 11.6 Å². The van der Waals surface area contributed by atoms with Crippen molar-refractivity contribution in [2.45, 2.75) is 39.1 Å². The molecule has 3 N–H and O–H groups in total. The quantitative estimate of drug-likeness (QED) is 0.582. The monoisotopic (exact) mass is 489 g/mol. The fourth-order valence-electron chi connectivity index (χ4n) is 5.52. The second-order valence-corrected chi connectivity index (χ2v) is 9.45. The molecule has 0 aromatic heterocycles. The summed E-state index contributed by atoms with van der Waals surface area (Å²) in [5.74, 6) is -1.36. The van der Waals surface area contributed by atoms with Gasteiger partial charge in [-0.1, -0.05) is 17.7 Å². The predicted molar refractivity (Wildman–Crippen MR) is 127 cm³/mol. The number of ether oxygens (including phenoxy) is 1. The minimum Gasteiger partial charge on any atom is -0.406 e. The molecular formula is C26H30F3N3O3. The second-order valence-electron chi connectivity index (χ2n) is 9.45. The van der Waals surface area contributed by atoms with Gasteiger partial charge in [-0.25, -0.2) is 0 Å². The van der Waals surface area contributed by atoms with Crippen LogP contribution in [0.5, 0.6) is 5.75 Å². The summed E-state index contributed by atoms with van der Waals surface area (Å²) in [5, 5.41) is 10.3. The van der Waals surface area contributed by atoms with Crippen molar-refractivity contribution in [3.63, 3.8) is 0 Å². The molecular weight excluding hydrogens is 459 g/mol. The van der Waals surface area contributed by atoms with E-state index in [1.54, 1.807) is 12.1 Å². The zero-order valence-corrected chi connectivity index (χ0v) is 20.0. The standard InChI is InChI=1S/C26H30F3N3O3/c1-15-8-16(2)23(17(3)9-15)24(25(30)34)22(14-33)32-12-18-10-31(11-19(18)13-32)20-4-6-21(7-5-20)35-26(27,28)29/h4-9,22,24,33H,10-14H2,1-3H3,(H2,30,34). The third kappa shape index (κ3) is 5.31. The SMILES string of the molecule is Cc1cc(C)c(C(C(N)=O)C(CO)N2CC3=C(CN(c4ccc(OC(F)(F)F)cc4)C3)C2)c(C)c1. The van der Waals surface area contributed by atoms with Gasteiger partial charge in [0.1, 0.15) is 5.75 Å². The number of carbonyl (C=O) groups is 1. The van der Waals surface area contributed by atoms with Crippen molar-refractivity contribution in [3.05, 3.63) is 69.8 Å². The molecule has 2 atom stereocenters. The van der Waals surface area contributed by atoms with E-state index in [0.29, 0.717) is 26.2 Å². The molecule has 2 aromatic carbocycles. The number of carbonyl (C=O) groups excluding carboxylic acids is 1. The van der Waals surface area contributed by atoms with Gasteiger partial charge in [-0.3, -0.25) is 9.69 Å². The lowest BCUT2D eigenvalue weighted by molar-refractivity contribution is -0.274. The van der Waals surface area contributed by atoms with Crippen molar-refractivity contribution in [3.8, 4) is 5.75 Å². The van der Waals surface area contributed by atoms with Crippen molar-refractivity contribution in [1.29, 1.82) is 0 Å². The lowest BCUT2D eigenvalue weighted by atomic mass is 9.83. The number of halogens is 3. The smallest absolute Gasteiger partial charge is 0.406 e. The largest absolute Gasteiger partial charge is 0.573 e. The minimum atomic E-state index is -4.72. The lowest BCUT2D eigenvalue weighted by Gasteiger charge is -2.35. The average Bonchev–Trinajstić information content (AvgIpc) is 3.31. The topological polar surface area (TPSA) is 79.0 Å². The highest BCUT2D eigenvalue weighted by Crippen LogP contribution is 2.36. The molecule has 9 heteroatoms. The lowest BCUT2D eigenvalue weighted by Crippen LogP contribution is -2.47. The summed E-state index contributed by atoms with van der Waals surface area (Å²) < 4.78 is 41.2. The van der Waals surface area contributed by atoms with Crippen LogP contribution in [0, 0.1) is 20.8 Å². The maximum atomic E-state index is 12.6. The average molecular weight is 490 g/mol. The van der Waals surface area contributed by atoms with Crippen LogP contribution in [0.1, 0.15) is 28.2 Å². The molecule has 6 nitrogen and oxygen atoms in total. The Morgan fingerprint density at radius 3 is 2.03 bits per heavy atom. The molecule has 0 bridgehead atoms. The van der Waals surface area contributed by atoms with Crippen LogP contribution in [0.4, 0.5) is 18.9 Å². The van der Waals surface area contributed by atoms with E-state index >= 15 is 0 Å². The van der Waals surface area contributed by atoms with E-state index in [1.807, 2.05) is 32.9 Å². The summed E-state index contributed by atoms with van der Waals surface area (Å²) >= 11 is 0. The van der Waals surface area contributed by atoms with Crippen LogP contribution < -0.4 is 15.4 Å². The maximum Gasteiger partial charge on any atom is 0.573 e. The Morgan fingerprint density at radius 1 is 1.03 bits per heavy atom. The number of benzene rings is 2. The number of alkyl halides is 3. The van der Waals surface area contributed by atoms with Crippen LogP contribution >= 0.6 is 0 Å². The summed E-state index contributed by atoms with van der Waals surface area (Å²) in [7, 11) is 0. The molecule has 2 aliphatic rings. The highest BCUT2D eigenvalue weighted by Gasteiger charge is 2.39. The Balaban J connectivity index is 1.46. The van der Waals surface area contributed by atoms with Crippen molar-refractivity contribution in [2.75, 3.05) is 37.7 Å². The molecule has 2 heterocycles. The van der Waals surface area contributed by atoms with E-state index in [1.165, 1.54) is 23.3 Å². The van der Waals surface area contributed by atoms with Crippen molar-refractivity contribution in [2.24, 2.45) is 5.73 Å². The Morgan fingerprint density at radius 2 is 1.57 bits per heavy atom. The van der Waals surface area contributed by atoms with E-state index in [-0.39, 0.29) is 12.4 Å². The van der Waals surface area contributed by atoms with E-state index < -0.39 is 24.2 Å². The molecule has 0 saturated heterocycles. The van der Waals surface area contributed by atoms with Gasteiger partial charge < -0.3 is 20.5 Å². The van der Waals surface area contributed by atoms with E-state index in [4.69, 9.17) is 5.73 Å². The number of nitrogens with zero attached hydrogens (tertiary/aromatic N) is 2. The number of hydrogen-bond acceptors (Lipinski definition) is 5. The van der Waals surface area contributed by atoms with E-state index in [9.17, 15) is 23.1 Å². The van der Waals surface area contributed by atoms with Crippen molar-refractivity contribution < 1.29 is 27.8 Å². The van der Waals surface area contributed by atoms with Crippen LogP contribution in [-0.4, -0.2) is 61.1 Å². The summed E-state index contributed by atoms with van der Waals surface area (Å²) in [5.41, 5.74) is 13.0. The molecule has 188 valence electrons. The summed E-state index contributed by atoms with van der Waals surface area (Å²) in [4.78, 5) is 16.8. The van der Waals surface area contributed by atoms with Crippen molar-refractivity contribution in [1.82, 2.24) is 4.90 Å². The highest BCUT2D eigenvalue weighted by atomic mass is 19.4. The number of nitrogens with two attached hydrogens (primary N) is 1. The number of aryl methyl sites for hydroxylation is 3. The third-order valence-electron chi connectivity index (χ3n) is 6.88. The first-order valence-corrected chi connectivity index (χ1v) is 11.5. The Kier molecular flexibility index (Phi) is 6.83. The molecule has 0 aliphatic carbocycles. The summed E-state index contributed by atoms with van der Waals surface area (Å²) in [6.45, 7) is 8.19. The summed E-state index contributed by atoms with van der Waals surface area (Å²) in [6, 6.07) is 9.45. The van der Waals surface area contributed by atoms with Gasteiger partial charge >= 0.3 is 6.36 Å². The van der Waals surface area contributed by atoms with Gasteiger partial charge in [0.25, 0.3) is 0 Å². The molecule has 0 saturated carbocycles. The Labute approximate surface area is 202 Å². The molecule has 2 unspecified atom stereocenters. The second kappa shape index (κ2) is 9.54. The molecule has 2 aliphatic heterocycles. The maximum absolute atomic E-state index is 12.6. The number of hydrogen-bond donors (Lipinski definition) is 2. The molecule has 2 aromatic rings. The minimum absolute atomic E-state index is 0.203. The van der Waals surface area contributed by atoms with E-state index in [2.05, 4.69) is 14.5 Å². The van der Waals surface area contributed by atoms with Gasteiger partial charge in [-0.05, 0) is 72.9 Å². The normalized spacial score (nSPS) is 18.1. The summed E-state index contributed by atoms with van der Waals surface area (Å²) in [6.07, 6.45) is -4.72. The first-order chi connectivity index (χ1) is 16.5. The number of primary amides is 1. The number of anilines is 1. The molecule has 4 rings (SSSR count). The van der Waals surface area contributed by atoms with E-state index in [0.717, 1.165) is 27.9 Å². The van der Waals surface area contributed by atoms with Crippen LogP contribution in [0.3, 0.4) is 0 Å². The van der Waals surface area contributed by atoms with Gasteiger partial charge in [-0.2, -0.15) is 0 Å². The van der Waals surface area contributed by atoms with Gasteiger partial charge in [0.15, 0.2) is 0 Å². The number of aliphatic hydroxyl groups is 1. The molecule has 0 radical (unpaired) electrons. The molecule has 1 amide bonds. The Hall–Kier alpha value is -3.04. The Bertz CT molecular complexity index is 1100. The fraction of sp³-hybridized carbons (Fsp3) is 0.423. The zero-order valence-electron chi connectivity index (χ0n) is 20.0. The molecule has 0 spiro atoms.